The van der Waals surface area contributed by atoms with Crippen LogP contribution in [0.15, 0.2) is 22.8 Å². The number of piperazine rings is 1. The summed E-state index contributed by atoms with van der Waals surface area (Å²) < 4.78 is 4.86. The number of hydrogen-bond donors (Lipinski definition) is 0. The number of amides is 2. The van der Waals surface area contributed by atoms with E-state index in [1.54, 1.807) is 17.0 Å². The van der Waals surface area contributed by atoms with Crippen LogP contribution in [-0.4, -0.2) is 51.0 Å². The van der Waals surface area contributed by atoms with Crippen molar-refractivity contribution in [2.45, 2.75) is 16.6 Å². The fourth-order valence-corrected chi connectivity index (χ4v) is 4.11. The van der Waals surface area contributed by atoms with Crippen LogP contribution in [0.4, 0.5) is 0 Å². The topological polar surface area (TPSA) is 53.8 Å². The highest BCUT2D eigenvalue weighted by Crippen LogP contribution is 2.66. The lowest BCUT2D eigenvalue weighted by Crippen LogP contribution is -2.52. The van der Waals surface area contributed by atoms with Crippen molar-refractivity contribution in [2.24, 2.45) is 5.41 Å². The number of carbonyl (C=O) groups excluding carboxylic acids is 2. The molecule has 2 aliphatic rings. The van der Waals surface area contributed by atoms with Gasteiger partial charge in [-0.25, -0.2) is 0 Å². The molecule has 1 saturated carbocycles. The predicted octanol–water partition coefficient (Wildman–Crippen LogP) is 2.46. The van der Waals surface area contributed by atoms with Crippen LogP contribution < -0.4 is 0 Å². The molecule has 5 nitrogen and oxygen atoms in total. The van der Waals surface area contributed by atoms with Gasteiger partial charge in [0.2, 0.25) is 5.91 Å². The molecule has 1 aromatic rings. The summed E-state index contributed by atoms with van der Waals surface area (Å²) in [6.07, 6.45) is 2.27. The minimum Gasteiger partial charge on any atom is -0.459 e. The summed E-state index contributed by atoms with van der Waals surface area (Å²) in [4.78, 5) is 28.3. The molecule has 7 heteroatoms. The molecule has 1 aromatic heterocycles. The molecular formula is C14H16Br2N2O3. The van der Waals surface area contributed by atoms with Gasteiger partial charge in [-0.1, -0.05) is 31.9 Å². The van der Waals surface area contributed by atoms with Crippen molar-refractivity contribution in [3.05, 3.63) is 24.2 Å². The van der Waals surface area contributed by atoms with Gasteiger partial charge in [0.1, 0.15) is 0 Å². The van der Waals surface area contributed by atoms with Gasteiger partial charge in [-0.05, 0) is 25.5 Å². The fourth-order valence-electron chi connectivity index (χ4n) is 2.65. The molecule has 1 atom stereocenters. The van der Waals surface area contributed by atoms with E-state index in [1.807, 2.05) is 11.8 Å². The lowest BCUT2D eigenvalue weighted by atomic mass is 10.1. The Bertz CT molecular complexity index is 565. The lowest BCUT2D eigenvalue weighted by molar-refractivity contribution is -0.137. The molecule has 2 amide bonds. The van der Waals surface area contributed by atoms with Crippen molar-refractivity contribution < 1.29 is 14.0 Å². The van der Waals surface area contributed by atoms with Gasteiger partial charge in [-0.3, -0.25) is 9.59 Å². The van der Waals surface area contributed by atoms with Crippen LogP contribution in [0, 0.1) is 5.41 Å². The quantitative estimate of drug-likeness (QED) is 0.692. The molecule has 1 aliphatic carbocycles. The lowest BCUT2D eigenvalue weighted by Gasteiger charge is -2.36. The van der Waals surface area contributed by atoms with E-state index in [0.717, 1.165) is 6.42 Å². The Labute approximate surface area is 139 Å². The van der Waals surface area contributed by atoms with E-state index in [1.165, 1.54) is 6.26 Å². The standard InChI is InChI=1S/C14H16Br2N2O3/c1-13(9-14(13,15)16)12(20)18-6-4-17(5-7-18)11(19)10-3-2-8-21-10/h2-3,8H,4-7,9H2,1H3/t13-/m1/s1. The van der Waals surface area contributed by atoms with Gasteiger partial charge in [0.25, 0.3) is 5.91 Å². The van der Waals surface area contributed by atoms with Crippen molar-refractivity contribution >= 4 is 43.7 Å². The van der Waals surface area contributed by atoms with E-state index in [2.05, 4.69) is 31.9 Å². The smallest absolute Gasteiger partial charge is 0.289 e. The van der Waals surface area contributed by atoms with E-state index in [4.69, 9.17) is 4.42 Å². The SMILES string of the molecule is C[C@]1(C(=O)N2CCN(C(=O)c3ccco3)CC2)CC1(Br)Br. The summed E-state index contributed by atoms with van der Waals surface area (Å²) in [5, 5.41) is 0. The van der Waals surface area contributed by atoms with Gasteiger partial charge in [-0.2, -0.15) is 0 Å². The third-order valence-corrected chi connectivity index (χ3v) is 6.63. The van der Waals surface area contributed by atoms with Gasteiger partial charge in [0.15, 0.2) is 5.76 Å². The molecule has 21 heavy (non-hydrogen) atoms. The number of halogens is 2. The Morgan fingerprint density at radius 2 is 1.76 bits per heavy atom. The number of furan rings is 1. The number of alkyl halides is 2. The van der Waals surface area contributed by atoms with E-state index in [9.17, 15) is 9.59 Å². The van der Waals surface area contributed by atoms with Gasteiger partial charge >= 0.3 is 0 Å². The van der Waals surface area contributed by atoms with Crippen molar-refractivity contribution in [1.82, 2.24) is 9.80 Å². The van der Waals surface area contributed by atoms with Crippen LogP contribution in [0.5, 0.6) is 0 Å². The number of carbonyl (C=O) groups is 2. The summed E-state index contributed by atoms with van der Waals surface area (Å²) in [7, 11) is 0. The van der Waals surface area contributed by atoms with Gasteiger partial charge in [0, 0.05) is 26.2 Å². The Hall–Kier alpha value is -0.820. The summed E-state index contributed by atoms with van der Waals surface area (Å²) in [5.74, 6) is 0.380. The molecular weight excluding hydrogens is 404 g/mol. The Morgan fingerprint density at radius 1 is 1.19 bits per heavy atom. The highest BCUT2D eigenvalue weighted by atomic mass is 79.9. The first kappa shape index (κ1) is 15.1. The van der Waals surface area contributed by atoms with Crippen LogP contribution in [-0.2, 0) is 4.79 Å². The molecule has 1 saturated heterocycles. The van der Waals surface area contributed by atoms with Gasteiger partial charge in [0.05, 0.1) is 14.9 Å². The molecule has 0 aromatic carbocycles. The first-order chi connectivity index (χ1) is 9.85. The zero-order valence-corrected chi connectivity index (χ0v) is 14.8. The molecule has 0 bridgehead atoms. The monoisotopic (exact) mass is 418 g/mol. The third-order valence-electron chi connectivity index (χ3n) is 4.32. The minimum atomic E-state index is -0.389. The van der Waals surface area contributed by atoms with Crippen molar-refractivity contribution in [3.8, 4) is 0 Å². The molecule has 0 radical (unpaired) electrons. The van der Waals surface area contributed by atoms with E-state index >= 15 is 0 Å². The molecule has 0 spiro atoms. The van der Waals surface area contributed by atoms with Crippen LogP contribution in [0.25, 0.3) is 0 Å². The Morgan fingerprint density at radius 3 is 2.24 bits per heavy atom. The van der Waals surface area contributed by atoms with Crippen LogP contribution in [0.1, 0.15) is 23.9 Å². The molecule has 0 unspecified atom stereocenters. The summed E-state index contributed by atoms with van der Waals surface area (Å²) in [6.45, 7) is 4.17. The average Bonchev–Trinajstić information content (AvgIpc) is 2.88. The zero-order chi connectivity index (χ0) is 15.3. The summed E-state index contributed by atoms with van der Waals surface area (Å²) in [6, 6.07) is 3.36. The van der Waals surface area contributed by atoms with Crippen molar-refractivity contribution in [2.75, 3.05) is 26.2 Å². The second-order valence-corrected chi connectivity index (χ2v) is 9.55. The van der Waals surface area contributed by atoms with Crippen molar-refractivity contribution in [3.63, 3.8) is 0 Å². The zero-order valence-electron chi connectivity index (χ0n) is 11.6. The number of hydrogen-bond acceptors (Lipinski definition) is 3. The maximum atomic E-state index is 12.5. The Kier molecular flexibility index (Phi) is 3.68. The first-order valence-electron chi connectivity index (χ1n) is 6.85. The van der Waals surface area contributed by atoms with Crippen LogP contribution in [0.3, 0.4) is 0 Å². The summed E-state index contributed by atoms with van der Waals surface area (Å²) in [5.41, 5.74) is -0.389. The predicted molar refractivity (Wildman–Crippen MR) is 84.5 cm³/mol. The van der Waals surface area contributed by atoms with Crippen molar-refractivity contribution in [1.29, 1.82) is 0 Å². The van der Waals surface area contributed by atoms with Crippen LogP contribution in [0.2, 0.25) is 0 Å². The fraction of sp³-hybridized carbons (Fsp3) is 0.571. The molecule has 3 rings (SSSR count). The largest absolute Gasteiger partial charge is 0.459 e. The highest BCUT2D eigenvalue weighted by molar-refractivity contribution is 9.25. The molecule has 1 aliphatic heterocycles. The minimum absolute atomic E-state index is 0.111. The highest BCUT2D eigenvalue weighted by Gasteiger charge is 2.67. The second kappa shape index (κ2) is 5.12. The van der Waals surface area contributed by atoms with Gasteiger partial charge < -0.3 is 14.2 Å². The van der Waals surface area contributed by atoms with E-state index in [0.29, 0.717) is 31.9 Å². The molecule has 114 valence electrons. The number of nitrogens with zero attached hydrogens (tertiary/aromatic N) is 2. The summed E-state index contributed by atoms with van der Waals surface area (Å²) >= 11 is 7.06. The van der Waals surface area contributed by atoms with E-state index < -0.39 is 0 Å². The molecule has 2 heterocycles. The van der Waals surface area contributed by atoms with Crippen LogP contribution >= 0.6 is 31.9 Å². The molecule has 0 N–H and O–H groups in total. The maximum Gasteiger partial charge on any atom is 0.289 e. The Balaban J connectivity index is 1.59. The number of rotatable bonds is 2. The van der Waals surface area contributed by atoms with E-state index in [-0.39, 0.29) is 20.5 Å². The average molecular weight is 420 g/mol. The van der Waals surface area contributed by atoms with Gasteiger partial charge in [-0.15, -0.1) is 0 Å². The second-order valence-electron chi connectivity index (χ2n) is 5.78. The first-order valence-corrected chi connectivity index (χ1v) is 8.44. The third kappa shape index (κ3) is 2.54. The normalized spacial score (nSPS) is 27.6. The molecule has 2 fully saturated rings. The maximum absolute atomic E-state index is 12.5.